The first-order valence-electron chi connectivity index (χ1n) is 6.49. The van der Waals surface area contributed by atoms with Crippen molar-refractivity contribution in [2.75, 3.05) is 0 Å². The van der Waals surface area contributed by atoms with E-state index < -0.39 is 5.91 Å². The van der Waals surface area contributed by atoms with Gasteiger partial charge in [-0.2, -0.15) is 0 Å². The van der Waals surface area contributed by atoms with Crippen LogP contribution >= 0.6 is 0 Å². The standard InChI is InChI=1S/C14H20N2O2/c15-11-7-2-1-3-9-13(11)18-12-8-5-4-6-10(12)14(16)17/h4-6,8,11,13H,1-3,7,9,15H2,(H2,16,17). The van der Waals surface area contributed by atoms with E-state index in [0.717, 1.165) is 25.7 Å². The van der Waals surface area contributed by atoms with E-state index in [-0.39, 0.29) is 12.1 Å². The molecule has 0 heterocycles. The SMILES string of the molecule is NC(=O)c1ccccc1OC1CCCCCC1N. The molecule has 2 atom stereocenters. The number of rotatable bonds is 3. The van der Waals surface area contributed by atoms with Gasteiger partial charge >= 0.3 is 0 Å². The van der Waals surface area contributed by atoms with Crippen LogP contribution in [0.15, 0.2) is 24.3 Å². The van der Waals surface area contributed by atoms with Crippen molar-refractivity contribution in [3.05, 3.63) is 29.8 Å². The molecule has 1 fully saturated rings. The minimum absolute atomic E-state index is 0.0204. The summed E-state index contributed by atoms with van der Waals surface area (Å²) in [6, 6.07) is 7.11. The molecule has 18 heavy (non-hydrogen) atoms. The number of hydrogen-bond acceptors (Lipinski definition) is 3. The number of carbonyl (C=O) groups is 1. The van der Waals surface area contributed by atoms with Gasteiger partial charge in [0.1, 0.15) is 11.9 Å². The molecule has 0 spiro atoms. The highest BCUT2D eigenvalue weighted by Gasteiger charge is 2.23. The number of ether oxygens (including phenoxy) is 1. The Morgan fingerprint density at radius 1 is 1.17 bits per heavy atom. The zero-order valence-electron chi connectivity index (χ0n) is 10.5. The van der Waals surface area contributed by atoms with E-state index in [0.29, 0.717) is 11.3 Å². The second-order valence-corrected chi connectivity index (χ2v) is 4.82. The van der Waals surface area contributed by atoms with E-state index in [1.807, 2.05) is 6.07 Å². The van der Waals surface area contributed by atoms with E-state index in [4.69, 9.17) is 16.2 Å². The summed E-state index contributed by atoms with van der Waals surface area (Å²) >= 11 is 0. The molecule has 0 bridgehead atoms. The molecule has 1 aliphatic carbocycles. The van der Waals surface area contributed by atoms with Gasteiger partial charge in [-0.15, -0.1) is 0 Å². The van der Waals surface area contributed by atoms with Crippen LogP contribution in [0.25, 0.3) is 0 Å². The molecule has 1 amide bonds. The fourth-order valence-electron chi connectivity index (χ4n) is 2.38. The summed E-state index contributed by atoms with van der Waals surface area (Å²) in [5.74, 6) is 0.0835. The lowest BCUT2D eigenvalue weighted by Gasteiger charge is -2.23. The maximum absolute atomic E-state index is 11.3. The largest absolute Gasteiger partial charge is 0.488 e. The Balaban J connectivity index is 2.14. The van der Waals surface area contributed by atoms with Crippen LogP contribution in [0.4, 0.5) is 0 Å². The summed E-state index contributed by atoms with van der Waals surface area (Å²) in [5, 5.41) is 0. The van der Waals surface area contributed by atoms with Crippen molar-refractivity contribution < 1.29 is 9.53 Å². The van der Waals surface area contributed by atoms with E-state index >= 15 is 0 Å². The van der Waals surface area contributed by atoms with Gasteiger partial charge < -0.3 is 16.2 Å². The highest BCUT2D eigenvalue weighted by Crippen LogP contribution is 2.24. The summed E-state index contributed by atoms with van der Waals surface area (Å²) in [6.07, 6.45) is 5.37. The quantitative estimate of drug-likeness (QED) is 0.801. The number of carbonyl (C=O) groups excluding carboxylic acids is 1. The Labute approximate surface area is 107 Å². The number of para-hydroxylation sites is 1. The molecule has 4 N–H and O–H groups in total. The summed E-state index contributed by atoms with van der Waals surface area (Å²) in [6.45, 7) is 0. The lowest BCUT2D eigenvalue weighted by molar-refractivity contribution is 0.0989. The molecule has 4 nitrogen and oxygen atoms in total. The normalized spacial score (nSPS) is 24.3. The Morgan fingerprint density at radius 3 is 2.67 bits per heavy atom. The van der Waals surface area contributed by atoms with Gasteiger partial charge in [0, 0.05) is 6.04 Å². The molecule has 0 saturated heterocycles. The summed E-state index contributed by atoms with van der Waals surface area (Å²) in [4.78, 5) is 11.3. The smallest absolute Gasteiger partial charge is 0.252 e. The van der Waals surface area contributed by atoms with Crippen LogP contribution in [-0.2, 0) is 0 Å². The lowest BCUT2D eigenvalue weighted by atomic mass is 10.1. The first kappa shape index (κ1) is 12.9. The van der Waals surface area contributed by atoms with E-state index in [1.165, 1.54) is 6.42 Å². The first-order chi connectivity index (χ1) is 8.68. The first-order valence-corrected chi connectivity index (χ1v) is 6.49. The van der Waals surface area contributed by atoms with Gasteiger partial charge in [0.2, 0.25) is 0 Å². The van der Waals surface area contributed by atoms with Crippen LogP contribution in [-0.4, -0.2) is 18.1 Å². The maximum Gasteiger partial charge on any atom is 0.252 e. The average Bonchev–Trinajstić information content (AvgIpc) is 2.55. The lowest BCUT2D eigenvalue weighted by Crippen LogP contribution is -2.38. The Morgan fingerprint density at radius 2 is 1.89 bits per heavy atom. The molecular formula is C14H20N2O2. The molecule has 2 unspecified atom stereocenters. The van der Waals surface area contributed by atoms with Crippen molar-refractivity contribution in [2.24, 2.45) is 11.5 Å². The van der Waals surface area contributed by atoms with Crippen LogP contribution in [0.1, 0.15) is 42.5 Å². The van der Waals surface area contributed by atoms with Crippen LogP contribution in [0.5, 0.6) is 5.75 Å². The summed E-state index contributed by atoms with van der Waals surface area (Å²) in [7, 11) is 0. The van der Waals surface area contributed by atoms with Crippen molar-refractivity contribution >= 4 is 5.91 Å². The van der Waals surface area contributed by atoms with Gasteiger partial charge in [0.15, 0.2) is 0 Å². The van der Waals surface area contributed by atoms with Gasteiger partial charge in [-0.3, -0.25) is 4.79 Å². The third kappa shape index (κ3) is 3.01. The molecule has 1 aromatic rings. The Hall–Kier alpha value is -1.55. The predicted molar refractivity (Wildman–Crippen MR) is 70.4 cm³/mol. The van der Waals surface area contributed by atoms with Crippen molar-refractivity contribution in [3.8, 4) is 5.75 Å². The topological polar surface area (TPSA) is 78.3 Å². The molecule has 0 radical (unpaired) electrons. The third-order valence-electron chi connectivity index (χ3n) is 3.43. The van der Waals surface area contributed by atoms with Gasteiger partial charge in [-0.05, 0) is 31.4 Å². The van der Waals surface area contributed by atoms with E-state index in [9.17, 15) is 4.79 Å². The van der Waals surface area contributed by atoms with E-state index in [1.54, 1.807) is 18.2 Å². The number of nitrogens with two attached hydrogens (primary N) is 2. The van der Waals surface area contributed by atoms with Gasteiger partial charge in [-0.25, -0.2) is 0 Å². The molecule has 98 valence electrons. The molecule has 1 aliphatic rings. The van der Waals surface area contributed by atoms with Gasteiger partial charge in [-0.1, -0.05) is 25.0 Å². The molecule has 1 aromatic carbocycles. The van der Waals surface area contributed by atoms with Gasteiger partial charge in [0.05, 0.1) is 5.56 Å². The molecule has 1 saturated carbocycles. The second kappa shape index (κ2) is 5.87. The Kier molecular flexibility index (Phi) is 4.20. The molecule has 4 heteroatoms. The number of benzene rings is 1. The number of primary amides is 1. The molecule has 2 rings (SSSR count). The van der Waals surface area contributed by atoms with Crippen LogP contribution < -0.4 is 16.2 Å². The average molecular weight is 248 g/mol. The highest BCUT2D eigenvalue weighted by molar-refractivity contribution is 5.95. The monoisotopic (exact) mass is 248 g/mol. The van der Waals surface area contributed by atoms with Crippen molar-refractivity contribution in [3.63, 3.8) is 0 Å². The minimum Gasteiger partial charge on any atom is -0.488 e. The van der Waals surface area contributed by atoms with Crippen molar-refractivity contribution in [2.45, 2.75) is 44.2 Å². The third-order valence-corrected chi connectivity index (χ3v) is 3.43. The van der Waals surface area contributed by atoms with Crippen LogP contribution in [0, 0.1) is 0 Å². The highest BCUT2D eigenvalue weighted by atomic mass is 16.5. The fraction of sp³-hybridized carbons (Fsp3) is 0.500. The maximum atomic E-state index is 11.3. The van der Waals surface area contributed by atoms with Crippen LogP contribution in [0.2, 0.25) is 0 Å². The molecular weight excluding hydrogens is 228 g/mol. The summed E-state index contributed by atoms with van der Waals surface area (Å²) < 4.78 is 5.91. The fourth-order valence-corrected chi connectivity index (χ4v) is 2.38. The number of amides is 1. The number of hydrogen-bond donors (Lipinski definition) is 2. The van der Waals surface area contributed by atoms with Crippen LogP contribution in [0.3, 0.4) is 0 Å². The molecule has 0 aliphatic heterocycles. The van der Waals surface area contributed by atoms with Crippen molar-refractivity contribution in [1.29, 1.82) is 0 Å². The molecule has 0 aromatic heterocycles. The zero-order valence-corrected chi connectivity index (χ0v) is 10.5. The van der Waals surface area contributed by atoms with Gasteiger partial charge in [0.25, 0.3) is 5.91 Å². The zero-order chi connectivity index (χ0) is 13.0. The van der Waals surface area contributed by atoms with Crippen molar-refractivity contribution in [1.82, 2.24) is 0 Å². The predicted octanol–water partition coefficient (Wildman–Crippen LogP) is 1.82. The van der Waals surface area contributed by atoms with E-state index in [2.05, 4.69) is 0 Å². The second-order valence-electron chi connectivity index (χ2n) is 4.82. The Bertz CT molecular complexity index is 420. The summed E-state index contributed by atoms with van der Waals surface area (Å²) in [5.41, 5.74) is 11.9. The minimum atomic E-state index is -0.465.